The normalized spacial score (nSPS) is 10.1. The van der Waals surface area contributed by atoms with Gasteiger partial charge >= 0.3 is 0 Å². The van der Waals surface area contributed by atoms with Gasteiger partial charge < -0.3 is 9.47 Å². The second-order valence-electron chi connectivity index (χ2n) is 4.07. The molecule has 1 aromatic carbocycles. The van der Waals surface area contributed by atoms with E-state index in [0.717, 1.165) is 11.3 Å². The van der Waals surface area contributed by atoms with Gasteiger partial charge in [-0.15, -0.1) is 0 Å². The highest BCUT2D eigenvalue weighted by molar-refractivity contribution is 6.11. The Morgan fingerprint density at radius 3 is 2.53 bits per heavy atom. The van der Waals surface area contributed by atoms with Crippen molar-refractivity contribution in [2.75, 3.05) is 14.2 Å². The molecule has 0 radical (unpaired) electrons. The summed E-state index contributed by atoms with van der Waals surface area (Å²) >= 11 is 0. The maximum atomic E-state index is 12.5. The average Bonchev–Trinajstić information content (AvgIpc) is 2.46. The summed E-state index contributed by atoms with van der Waals surface area (Å²) in [7, 11) is 3.10. The van der Waals surface area contributed by atoms with Crippen molar-refractivity contribution in [2.45, 2.75) is 6.92 Å². The van der Waals surface area contributed by atoms with Crippen LogP contribution in [-0.2, 0) is 0 Å². The molecule has 0 spiro atoms. The van der Waals surface area contributed by atoms with E-state index in [4.69, 9.17) is 9.47 Å². The maximum Gasteiger partial charge on any atom is 0.224 e. The Labute approximate surface area is 112 Å². The minimum Gasteiger partial charge on any atom is -0.497 e. The second kappa shape index (κ2) is 5.52. The summed E-state index contributed by atoms with van der Waals surface area (Å²) in [6, 6.07) is 8.77. The van der Waals surface area contributed by atoms with Gasteiger partial charge in [-0.25, -0.2) is 4.98 Å². The van der Waals surface area contributed by atoms with Gasteiger partial charge in [0.25, 0.3) is 0 Å². The Balaban J connectivity index is 2.44. The van der Waals surface area contributed by atoms with Gasteiger partial charge in [-0.1, -0.05) is 0 Å². The predicted octanol–water partition coefficient (Wildman–Crippen LogP) is 2.64. The number of aromatic nitrogens is 1. The highest BCUT2D eigenvalue weighted by Crippen LogP contribution is 2.23. The van der Waals surface area contributed by atoms with E-state index in [-0.39, 0.29) is 5.78 Å². The molecule has 0 aliphatic heterocycles. The van der Waals surface area contributed by atoms with Gasteiger partial charge in [-0.3, -0.25) is 4.79 Å². The van der Waals surface area contributed by atoms with Gasteiger partial charge in [0.15, 0.2) is 5.78 Å². The first-order chi connectivity index (χ1) is 9.17. The zero-order valence-electron chi connectivity index (χ0n) is 11.1. The summed E-state index contributed by atoms with van der Waals surface area (Å²) in [5.41, 5.74) is 1.93. The first kappa shape index (κ1) is 13.1. The lowest BCUT2D eigenvalue weighted by atomic mass is 9.99. The topological polar surface area (TPSA) is 48.4 Å². The third-order valence-electron chi connectivity index (χ3n) is 2.89. The summed E-state index contributed by atoms with van der Waals surface area (Å²) in [4.78, 5) is 16.5. The molecule has 2 rings (SSSR count). The van der Waals surface area contributed by atoms with Crippen LogP contribution in [0.15, 0.2) is 36.5 Å². The molecule has 2 aromatic rings. The van der Waals surface area contributed by atoms with Crippen molar-refractivity contribution in [3.05, 3.63) is 53.2 Å². The Morgan fingerprint density at radius 2 is 1.89 bits per heavy atom. The van der Waals surface area contributed by atoms with Gasteiger partial charge in [0.05, 0.1) is 19.8 Å². The van der Waals surface area contributed by atoms with Gasteiger partial charge in [0.1, 0.15) is 5.75 Å². The van der Waals surface area contributed by atoms with Crippen LogP contribution in [0.1, 0.15) is 21.5 Å². The van der Waals surface area contributed by atoms with Crippen molar-refractivity contribution >= 4 is 5.78 Å². The zero-order chi connectivity index (χ0) is 13.8. The minimum absolute atomic E-state index is 0.106. The standard InChI is InChI=1S/C15H15NO3/c1-10-9-11(18-2)6-7-12(10)14(17)13-5-4-8-16-15(13)19-3/h4-9H,1-3H3. The summed E-state index contributed by atoms with van der Waals surface area (Å²) in [6.45, 7) is 1.87. The number of carbonyl (C=O) groups is 1. The first-order valence-electron chi connectivity index (χ1n) is 5.85. The maximum absolute atomic E-state index is 12.5. The largest absolute Gasteiger partial charge is 0.497 e. The number of methoxy groups -OCH3 is 2. The molecule has 4 nitrogen and oxygen atoms in total. The number of hydrogen-bond donors (Lipinski definition) is 0. The van der Waals surface area contributed by atoms with Gasteiger partial charge in [0, 0.05) is 11.8 Å². The average molecular weight is 257 g/mol. The molecular weight excluding hydrogens is 242 g/mol. The van der Waals surface area contributed by atoms with Crippen molar-refractivity contribution in [3.63, 3.8) is 0 Å². The van der Waals surface area contributed by atoms with Crippen LogP contribution in [0.2, 0.25) is 0 Å². The van der Waals surface area contributed by atoms with Crippen molar-refractivity contribution in [1.82, 2.24) is 4.98 Å². The molecule has 0 bridgehead atoms. The van der Waals surface area contributed by atoms with E-state index in [2.05, 4.69) is 4.98 Å². The van der Waals surface area contributed by atoms with Crippen LogP contribution < -0.4 is 9.47 Å². The fraction of sp³-hybridized carbons (Fsp3) is 0.200. The molecule has 0 saturated heterocycles. The van der Waals surface area contributed by atoms with Crippen molar-refractivity contribution in [1.29, 1.82) is 0 Å². The lowest BCUT2D eigenvalue weighted by molar-refractivity contribution is 0.103. The monoisotopic (exact) mass is 257 g/mol. The van der Waals surface area contributed by atoms with Crippen LogP contribution in [0.5, 0.6) is 11.6 Å². The number of benzene rings is 1. The summed E-state index contributed by atoms with van der Waals surface area (Å²) in [6.07, 6.45) is 1.59. The van der Waals surface area contributed by atoms with Crippen LogP contribution in [0.25, 0.3) is 0 Å². The van der Waals surface area contributed by atoms with Crippen LogP contribution >= 0.6 is 0 Å². The van der Waals surface area contributed by atoms with E-state index < -0.39 is 0 Å². The number of pyridine rings is 1. The smallest absolute Gasteiger partial charge is 0.224 e. The molecule has 1 aromatic heterocycles. The second-order valence-corrected chi connectivity index (χ2v) is 4.07. The molecule has 4 heteroatoms. The first-order valence-corrected chi connectivity index (χ1v) is 5.85. The third-order valence-corrected chi connectivity index (χ3v) is 2.89. The molecule has 0 aliphatic carbocycles. The summed E-state index contributed by atoms with van der Waals surface area (Å²) in [5, 5.41) is 0. The van der Waals surface area contributed by atoms with Gasteiger partial charge in [-0.05, 0) is 42.8 Å². The number of ketones is 1. The molecule has 0 unspecified atom stereocenters. The Kier molecular flexibility index (Phi) is 3.80. The molecule has 0 N–H and O–H groups in total. The fourth-order valence-corrected chi connectivity index (χ4v) is 1.89. The number of aryl methyl sites for hydroxylation is 1. The van der Waals surface area contributed by atoms with E-state index in [0.29, 0.717) is 17.0 Å². The van der Waals surface area contributed by atoms with E-state index in [1.54, 1.807) is 37.6 Å². The van der Waals surface area contributed by atoms with Crippen LogP contribution in [0.3, 0.4) is 0 Å². The van der Waals surface area contributed by atoms with Crippen molar-refractivity contribution < 1.29 is 14.3 Å². The highest BCUT2D eigenvalue weighted by Gasteiger charge is 2.17. The van der Waals surface area contributed by atoms with E-state index in [1.807, 2.05) is 13.0 Å². The molecule has 0 saturated carbocycles. The van der Waals surface area contributed by atoms with Gasteiger partial charge in [0.2, 0.25) is 5.88 Å². The SMILES string of the molecule is COc1ccc(C(=O)c2cccnc2OC)c(C)c1. The molecule has 0 amide bonds. The Hall–Kier alpha value is -2.36. The molecule has 0 aliphatic rings. The van der Waals surface area contributed by atoms with Gasteiger partial charge in [-0.2, -0.15) is 0 Å². The minimum atomic E-state index is -0.106. The number of hydrogen-bond acceptors (Lipinski definition) is 4. The van der Waals surface area contributed by atoms with Crippen LogP contribution in [0.4, 0.5) is 0 Å². The van der Waals surface area contributed by atoms with Crippen molar-refractivity contribution in [3.8, 4) is 11.6 Å². The number of nitrogens with zero attached hydrogens (tertiary/aromatic N) is 1. The van der Waals surface area contributed by atoms with E-state index in [9.17, 15) is 4.79 Å². The Morgan fingerprint density at radius 1 is 1.11 bits per heavy atom. The number of ether oxygens (including phenoxy) is 2. The molecule has 98 valence electrons. The molecule has 1 heterocycles. The quantitative estimate of drug-likeness (QED) is 0.790. The van der Waals surface area contributed by atoms with Crippen molar-refractivity contribution in [2.24, 2.45) is 0 Å². The predicted molar refractivity (Wildman–Crippen MR) is 72.0 cm³/mol. The summed E-state index contributed by atoms with van der Waals surface area (Å²) < 4.78 is 10.2. The summed E-state index contributed by atoms with van der Waals surface area (Å²) in [5.74, 6) is 0.958. The number of carbonyl (C=O) groups excluding carboxylic acids is 1. The third kappa shape index (κ3) is 2.57. The van der Waals surface area contributed by atoms with Crippen LogP contribution in [-0.4, -0.2) is 25.0 Å². The van der Waals surface area contributed by atoms with Crippen LogP contribution in [0, 0.1) is 6.92 Å². The zero-order valence-corrected chi connectivity index (χ0v) is 11.1. The molecule has 0 fully saturated rings. The fourth-order valence-electron chi connectivity index (χ4n) is 1.89. The van der Waals surface area contributed by atoms with E-state index >= 15 is 0 Å². The van der Waals surface area contributed by atoms with E-state index in [1.165, 1.54) is 7.11 Å². The number of rotatable bonds is 4. The highest BCUT2D eigenvalue weighted by atomic mass is 16.5. The molecular formula is C15H15NO3. The lowest BCUT2D eigenvalue weighted by Gasteiger charge is -2.09. The Bertz CT molecular complexity index is 608. The lowest BCUT2D eigenvalue weighted by Crippen LogP contribution is -2.07. The molecule has 0 atom stereocenters. The molecule has 19 heavy (non-hydrogen) atoms.